The topological polar surface area (TPSA) is 78.3 Å². The predicted octanol–water partition coefficient (Wildman–Crippen LogP) is 3.84. The summed E-state index contributed by atoms with van der Waals surface area (Å²) >= 11 is 0. The minimum atomic E-state index is -0.324. The van der Waals surface area contributed by atoms with E-state index in [0.717, 1.165) is 22.3 Å². The second-order valence-electron chi connectivity index (χ2n) is 5.82. The highest BCUT2D eigenvalue weighted by atomic mass is 16.3. The molecule has 0 spiro atoms. The highest BCUT2D eigenvalue weighted by Gasteiger charge is 2.09. The molecule has 25 heavy (non-hydrogen) atoms. The molecule has 0 atom stereocenters. The number of nitrogens with one attached hydrogen (secondary N) is 1. The van der Waals surface area contributed by atoms with Crippen LogP contribution in [0.3, 0.4) is 0 Å². The van der Waals surface area contributed by atoms with Crippen LogP contribution >= 0.6 is 0 Å². The van der Waals surface area contributed by atoms with Gasteiger partial charge in [-0.1, -0.05) is 36.4 Å². The monoisotopic (exact) mass is 329 g/mol. The Balaban J connectivity index is 1.92. The molecule has 2 N–H and O–H groups in total. The third-order valence-electron chi connectivity index (χ3n) is 4.10. The third-order valence-corrected chi connectivity index (χ3v) is 4.10. The molecular weight excluding hydrogens is 314 g/mol. The Morgan fingerprint density at radius 2 is 1.72 bits per heavy atom. The predicted molar refractivity (Wildman–Crippen MR) is 100.0 cm³/mol. The van der Waals surface area contributed by atoms with Gasteiger partial charge in [-0.25, -0.2) is 0 Å². The van der Waals surface area contributed by atoms with Crippen molar-refractivity contribution in [2.75, 3.05) is 0 Å². The Labute approximate surface area is 143 Å². The van der Waals surface area contributed by atoms with Gasteiger partial charge in [0.2, 0.25) is 5.88 Å². The molecule has 0 unspecified atom stereocenters. The van der Waals surface area contributed by atoms with E-state index in [1.165, 1.54) is 0 Å². The molecule has 2 heterocycles. The van der Waals surface area contributed by atoms with Gasteiger partial charge in [-0.15, -0.1) is 0 Å². The Kier molecular flexibility index (Phi) is 3.54. The van der Waals surface area contributed by atoms with E-state index in [1.54, 1.807) is 24.4 Å². The van der Waals surface area contributed by atoms with Crippen LogP contribution in [0, 0.1) is 6.92 Å². The minimum Gasteiger partial charge on any atom is -0.494 e. The molecule has 0 saturated heterocycles. The number of H-pyrrole nitrogens is 1. The van der Waals surface area contributed by atoms with Crippen molar-refractivity contribution in [1.82, 2.24) is 9.97 Å². The van der Waals surface area contributed by atoms with Crippen molar-refractivity contribution >= 4 is 33.6 Å². The third kappa shape index (κ3) is 2.65. The molecule has 122 valence electrons. The lowest BCUT2D eigenvalue weighted by Crippen LogP contribution is -2.07. The summed E-state index contributed by atoms with van der Waals surface area (Å²) in [5.74, 6) is -0.192. The van der Waals surface area contributed by atoms with Crippen molar-refractivity contribution in [2.24, 2.45) is 4.99 Å². The van der Waals surface area contributed by atoms with Gasteiger partial charge < -0.3 is 5.11 Å². The molecular formula is C20H15N3O2. The number of hydrogen-bond acceptors (Lipinski definition) is 4. The van der Waals surface area contributed by atoms with Crippen molar-refractivity contribution in [3.05, 3.63) is 76.2 Å². The number of aromatic hydroxyl groups is 1. The van der Waals surface area contributed by atoms with E-state index in [4.69, 9.17) is 0 Å². The van der Waals surface area contributed by atoms with Crippen molar-refractivity contribution in [3.8, 4) is 5.88 Å². The van der Waals surface area contributed by atoms with Gasteiger partial charge in [-0.2, -0.15) is 0 Å². The maximum Gasteiger partial charge on any atom is 0.258 e. The highest BCUT2D eigenvalue weighted by Crippen LogP contribution is 2.27. The normalized spacial score (nSPS) is 11.6. The molecule has 5 nitrogen and oxygen atoms in total. The molecule has 0 aliphatic carbocycles. The lowest BCUT2D eigenvalue weighted by Gasteiger charge is -2.06. The number of aromatic nitrogens is 2. The first-order chi connectivity index (χ1) is 12.1. The van der Waals surface area contributed by atoms with Gasteiger partial charge >= 0.3 is 0 Å². The molecule has 0 aliphatic heterocycles. The molecule has 0 amide bonds. The average Bonchev–Trinajstić information content (AvgIpc) is 2.61. The molecule has 5 heteroatoms. The van der Waals surface area contributed by atoms with E-state index in [2.05, 4.69) is 15.0 Å². The van der Waals surface area contributed by atoms with Crippen LogP contribution in [0.1, 0.15) is 11.3 Å². The first-order valence-corrected chi connectivity index (χ1v) is 7.88. The van der Waals surface area contributed by atoms with Crippen LogP contribution in [0.2, 0.25) is 0 Å². The quantitative estimate of drug-likeness (QED) is 0.548. The summed E-state index contributed by atoms with van der Waals surface area (Å²) in [6, 6.07) is 16.8. The van der Waals surface area contributed by atoms with Gasteiger partial charge in [-0.3, -0.25) is 19.8 Å². The summed E-state index contributed by atoms with van der Waals surface area (Å²) in [7, 11) is 0. The number of aliphatic imine (C=N–C) groups is 1. The number of hydrogen-bond donors (Lipinski definition) is 2. The number of aromatic amines is 1. The number of rotatable bonds is 2. The molecule has 0 bridgehead atoms. The van der Waals surface area contributed by atoms with Crippen LogP contribution < -0.4 is 5.56 Å². The van der Waals surface area contributed by atoms with Gasteiger partial charge in [0.1, 0.15) is 0 Å². The molecule has 2 aromatic heterocycles. The van der Waals surface area contributed by atoms with E-state index in [1.807, 2.05) is 43.3 Å². The van der Waals surface area contributed by atoms with Crippen LogP contribution in [0.25, 0.3) is 21.7 Å². The first-order valence-electron chi connectivity index (χ1n) is 7.88. The van der Waals surface area contributed by atoms with Crippen LogP contribution in [0.4, 0.5) is 5.69 Å². The van der Waals surface area contributed by atoms with Gasteiger partial charge in [-0.05, 0) is 25.1 Å². The summed E-state index contributed by atoms with van der Waals surface area (Å²) in [5.41, 5.74) is 2.65. The summed E-state index contributed by atoms with van der Waals surface area (Å²) < 4.78 is 0. The lowest BCUT2D eigenvalue weighted by molar-refractivity contribution is 0.452. The van der Waals surface area contributed by atoms with Crippen molar-refractivity contribution < 1.29 is 5.11 Å². The van der Waals surface area contributed by atoms with Crippen LogP contribution in [-0.2, 0) is 0 Å². The Morgan fingerprint density at radius 1 is 1.04 bits per heavy atom. The van der Waals surface area contributed by atoms with Crippen LogP contribution in [-0.4, -0.2) is 21.3 Å². The zero-order valence-corrected chi connectivity index (χ0v) is 13.5. The number of fused-ring (bicyclic) bond motifs is 2. The van der Waals surface area contributed by atoms with Crippen molar-refractivity contribution in [1.29, 1.82) is 0 Å². The number of pyridine rings is 2. The molecule has 0 aliphatic rings. The van der Waals surface area contributed by atoms with E-state index >= 15 is 0 Å². The fourth-order valence-electron chi connectivity index (χ4n) is 2.94. The molecule has 0 fully saturated rings. The lowest BCUT2D eigenvalue weighted by atomic mass is 10.1. The number of benzene rings is 2. The van der Waals surface area contributed by atoms with Gasteiger partial charge in [0.05, 0.1) is 16.8 Å². The largest absolute Gasteiger partial charge is 0.494 e. The van der Waals surface area contributed by atoms with Crippen LogP contribution in [0.5, 0.6) is 5.88 Å². The van der Waals surface area contributed by atoms with Gasteiger partial charge in [0.25, 0.3) is 5.56 Å². The van der Waals surface area contributed by atoms with E-state index in [0.29, 0.717) is 16.3 Å². The zero-order chi connectivity index (χ0) is 17.4. The maximum atomic E-state index is 12.0. The summed E-state index contributed by atoms with van der Waals surface area (Å²) in [6.45, 7) is 1.92. The zero-order valence-electron chi connectivity index (χ0n) is 13.5. The highest BCUT2D eigenvalue weighted by molar-refractivity contribution is 6.03. The molecule has 4 aromatic rings. The SMILES string of the molecule is Cc1cc(N=Cc2c(O)[nH]c(=O)c3ccccc23)c2ccccc2n1. The molecule has 4 rings (SSSR count). The Hall–Kier alpha value is -3.47. The van der Waals surface area contributed by atoms with Crippen LogP contribution in [0.15, 0.2) is 64.4 Å². The molecule has 2 aromatic carbocycles. The maximum absolute atomic E-state index is 12.0. The van der Waals surface area contributed by atoms with E-state index < -0.39 is 0 Å². The second kappa shape index (κ2) is 5.87. The smallest absolute Gasteiger partial charge is 0.258 e. The Bertz CT molecular complexity index is 1190. The minimum absolute atomic E-state index is 0.192. The van der Waals surface area contributed by atoms with Gasteiger partial charge in [0.15, 0.2) is 0 Å². The fourth-order valence-corrected chi connectivity index (χ4v) is 2.94. The van der Waals surface area contributed by atoms with Crippen molar-refractivity contribution in [3.63, 3.8) is 0 Å². The van der Waals surface area contributed by atoms with Crippen molar-refractivity contribution in [2.45, 2.75) is 6.92 Å². The first kappa shape index (κ1) is 15.1. The van der Waals surface area contributed by atoms with E-state index in [-0.39, 0.29) is 11.4 Å². The summed E-state index contributed by atoms with van der Waals surface area (Å²) in [4.78, 5) is 23.5. The Morgan fingerprint density at radius 3 is 2.52 bits per heavy atom. The number of aryl methyl sites for hydroxylation is 1. The average molecular weight is 329 g/mol. The summed E-state index contributed by atoms with van der Waals surface area (Å²) in [6.07, 6.45) is 1.58. The van der Waals surface area contributed by atoms with E-state index in [9.17, 15) is 9.90 Å². The van der Waals surface area contributed by atoms with Gasteiger partial charge in [0, 0.05) is 28.1 Å². The molecule has 0 saturated carbocycles. The standard InChI is InChI=1S/C20H15N3O2/c1-12-10-18(15-8-4-5-9-17(15)22-12)21-11-16-13-6-2-3-7-14(13)19(24)23-20(16)25/h2-11H,1H3,(H2,23,24,25). The number of nitrogens with zero attached hydrogens (tertiary/aromatic N) is 2. The fraction of sp³-hybridized carbons (Fsp3) is 0.0500. The second-order valence-corrected chi connectivity index (χ2v) is 5.82. The molecule has 0 radical (unpaired) electrons. The number of para-hydroxylation sites is 1. The summed E-state index contributed by atoms with van der Waals surface area (Å²) in [5, 5.41) is 12.3.